The number of nitrogens with one attached hydrogen (secondary N) is 1. The first-order valence-corrected chi connectivity index (χ1v) is 6.18. The van der Waals surface area contributed by atoms with Gasteiger partial charge >= 0.3 is 0 Å². The van der Waals surface area contributed by atoms with Crippen LogP contribution in [0, 0.1) is 0 Å². The van der Waals surface area contributed by atoms with E-state index in [4.69, 9.17) is 4.42 Å². The predicted octanol–water partition coefficient (Wildman–Crippen LogP) is 3.20. The monoisotopic (exact) mass is 244 g/mol. The normalized spacial score (nSPS) is 12.4. The maximum Gasteiger partial charge on any atom is 0.0950 e. The van der Waals surface area contributed by atoms with Crippen LogP contribution in [0.5, 0.6) is 0 Å². The summed E-state index contributed by atoms with van der Waals surface area (Å²) in [6.45, 7) is 3.00. The molecule has 2 rings (SSSR count). The molecule has 0 aliphatic rings. The van der Waals surface area contributed by atoms with Gasteiger partial charge in [0.15, 0.2) is 0 Å². The third kappa shape index (κ3) is 3.14. The molecule has 1 aromatic heterocycles. The van der Waals surface area contributed by atoms with Gasteiger partial charge < -0.3 is 14.6 Å². The van der Waals surface area contributed by atoms with Crippen molar-refractivity contribution in [2.24, 2.45) is 0 Å². The number of benzene rings is 1. The molecule has 0 radical (unpaired) electrons. The van der Waals surface area contributed by atoms with E-state index in [1.54, 1.807) is 12.5 Å². The summed E-state index contributed by atoms with van der Waals surface area (Å²) >= 11 is 0. The maximum absolute atomic E-state index is 5.08. The number of furan rings is 1. The fraction of sp³-hybridized carbons (Fsp3) is 0.333. The Morgan fingerprint density at radius 1 is 1.17 bits per heavy atom. The van der Waals surface area contributed by atoms with Crippen LogP contribution in [0.4, 0.5) is 5.69 Å². The molecule has 3 nitrogen and oxygen atoms in total. The number of hydrogen-bond acceptors (Lipinski definition) is 3. The van der Waals surface area contributed by atoms with Crippen LogP contribution in [-0.4, -0.2) is 14.1 Å². The van der Waals surface area contributed by atoms with Crippen molar-refractivity contribution in [3.8, 4) is 0 Å². The Morgan fingerprint density at radius 2 is 1.89 bits per heavy atom. The van der Waals surface area contributed by atoms with Crippen molar-refractivity contribution in [1.82, 2.24) is 5.32 Å². The first-order chi connectivity index (χ1) is 8.66. The van der Waals surface area contributed by atoms with Crippen molar-refractivity contribution in [2.75, 3.05) is 19.0 Å². The summed E-state index contributed by atoms with van der Waals surface area (Å²) < 4.78 is 5.08. The first-order valence-electron chi connectivity index (χ1n) is 6.18. The van der Waals surface area contributed by atoms with E-state index in [0.29, 0.717) is 6.04 Å². The second-order valence-corrected chi connectivity index (χ2v) is 4.72. The quantitative estimate of drug-likeness (QED) is 0.875. The Kier molecular flexibility index (Phi) is 4.05. The second-order valence-electron chi connectivity index (χ2n) is 4.72. The van der Waals surface area contributed by atoms with Crippen LogP contribution in [0.1, 0.15) is 24.1 Å². The smallest absolute Gasteiger partial charge is 0.0950 e. The third-order valence-corrected chi connectivity index (χ3v) is 3.11. The number of anilines is 1. The Labute approximate surface area is 108 Å². The van der Waals surface area contributed by atoms with Crippen molar-refractivity contribution >= 4 is 5.69 Å². The van der Waals surface area contributed by atoms with E-state index in [2.05, 4.69) is 41.4 Å². The van der Waals surface area contributed by atoms with E-state index in [0.717, 1.165) is 6.54 Å². The molecule has 0 amide bonds. The molecule has 3 heteroatoms. The largest absolute Gasteiger partial charge is 0.472 e. The van der Waals surface area contributed by atoms with Gasteiger partial charge in [-0.15, -0.1) is 0 Å². The summed E-state index contributed by atoms with van der Waals surface area (Å²) in [5, 5.41) is 3.48. The SMILES string of the molecule is CC(NCc1ccc(N(C)C)cc1)c1ccoc1. The zero-order valence-corrected chi connectivity index (χ0v) is 11.2. The summed E-state index contributed by atoms with van der Waals surface area (Å²) in [5.41, 5.74) is 3.69. The molecule has 1 heterocycles. The molecule has 0 saturated carbocycles. The van der Waals surface area contributed by atoms with E-state index in [1.807, 2.05) is 20.2 Å². The highest BCUT2D eigenvalue weighted by Gasteiger charge is 2.05. The fourth-order valence-corrected chi connectivity index (χ4v) is 1.82. The topological polar surface area (TPSA) is 28.4 Å². The summed E-state index contributed by atoms with van der Waals surface area (Å²) in [5.74, 6) is 0. The molecule has 0 aliphatic carbocycles. The summed E-state index contributed by atoms with van der Waals surface area (Å²) in [7, 11) is 4.10. The molecule has 1 atom stereocenters. The van der Waals surface area contributed by atoms with Gasteiger partial charge in [0.1, 0.15) is 0 Å². The molecular formula is C15H20N2O. The molecule has 0 fully saturated rings. The minimum absolute atomic E-state index is 0.303. The van der Waals surface area contributed by atoms with Crippen LogP contribution in [-0.2, 0) is 6.54 Å². The molecule has 1 N–H and O–H groups in total. The van der Waals surface area contributed by atoms with Crippen LogP contribution >= 0.6 is 0 Å². The lowest BCUT2D eigenvalue weighted by atomic mass is 10.1. The molecule has 1 aromatic carbocycles. The predicted molar refractivity (Wildman–Crippen MR) is 74.7 cm³/mol. The van der Waals surface area contributed by atoms with Crippen LogP contribution in [0.15, 0.2) is 47.3 Å². The molecule has 1 unspecified atom stereocenters. The van der Waals surface area contributed by atoms with Gasteiger partial charge in [-0.25, -0.2) is 0 Å². The number of hydrogen-bond donors (Lipinski definition) is 1. The molecule has 0 aliphatic heterocycles. The van der Waals surface area contributed by atoms with Gasteiger partial charge in [0.25, 0.3) is 0 Å². The van der Waals surface area contributed by atoms with Gasteiger partial charge in [0.2, 0.25) is 0 Å². The maximum atomic E-state index is 5.08. The van der Waals surface area contributed by atoms with Crippen LogP contribution in [0.3, 0.4) is 0 Å². The van der Waals surface area contributed by atoms with Gasteiger partial charge in [0.05, 0.1) is 12.5 Å². The van der Waals surface area contributed by atoms with Crippen LogP contribution in [0.25, 0.3) is 0 Å². The second kappa shape index (κ2) is 5.74. The van der Waals surface area contributed by atoms with Gasteiger partial charge in [-0.05, 0) is 30.7 Å². The van der Waals surface area contributed by atoms with Crippen molar-refractivity contribution < 1.29 is 4.42 Å². The third-order valence-electron chi connectivity index (χ3n) is 3.11. The van der Waals surface area contributed by atoms with E-state index in [1.165, 1.54) is 16.8 Å². The molecule has 0 spiro atoms. The lowest BCUT2D eigenvalue weighted by molar-refractivity contribution is 0.538. The Morgan fingerprint density at radius 3 is 2.44 bits per heavy atom. The van der Waals surface area contributed by atoms with Gasteiger partial charge in [-0.2, -0.15) is 0 Å². The van der Waals surface area contributed by atoms with Crippen LogP contribution in [0.2, 0.25) is 0 Å². The van der Waals surface area contributed by atoms with E-state index in [-0.39, 0.29) is 0 Å². The minimum Gasteiger partial charge on any atom is -0.472 e. The van der Waals surface area contributed by atoms with Gasteiger partial charge in [0, 0.05) is 37.9 Å². The van der Waals surface area contributed by atoms with Crippen LogP contribution < -0.4 is 10.2 Å². The number of rotatable bonds is 5. The van der Waals surface area contributed by atoms with E-state index in [9.17, 15) is 0 Å². The Hall–Kier alpha value is -1.74. The van der Waals surface area contributed by atoms with E-state index >= 15 is 0 Å². The van der Waals surface area contributed by atoms with E-state index < -0.39 is 0 Å². The summed E-state index contributed by atoms with van der Waals surface area (Å²) in [4.78, 5) is 2.10. The van der Waals surface area contributed by atoms with Gasteiger partial charge in [-0.3, -0.25) is 0 Å². The molecule has 2 aromatic rings. The zero-order chi connectivity index (χ0) is 13.0. The fourth-order valence-electron chi connectivity index (χ4n) is 1.82. The Bertz CT molecular complexity index is 460. The average molecular weight is 244 g/mol. The molecule has 0 bridgehead atoms. The highest BCUT2D eigenvalue weighted by Crippen LogP contribution is 2.15. The molecular weight excluding hydrogens is 224 g/mol. The van der Waals surface area contributed by atoms with Crippen molar-refractivity contribution in [1.29, 1.82) is 0 Å². The van der Waals surface area contributed by atoms with Crippen molar-refractivity contribution in [3.63, 3.8) is 0 Å². The lowest BCUT2D eigenvalue weighted by Crippen LogP contribution is -2.17. The lowest BCUT2D eigenvalue weighted by Gasteiger charge is -2.14. The molecule has 0 saturated heterocycles. The number of nitrogens with zero attached hydrogens (tertiary/aromatic N) is 1. The van der Waals surface area contributed by atoms with Crippen molar-refractivity contribution in [3.05, 3.63) is 54.0 Å². The Balaban J connectivity index is 1.90. The first kappa shape index (κ1) is 12.7. The van der Waals surface area contributed by atoms with Crippen molar-refractivity contribution in [2.45, 2.75) is 19.5 Å². The standard InChI is InChI=1S/C15H20N2O/c1-12(14-8-9-18-11-14)16-10-13-4-6-15(7-5-13)17(2)3/h4-9,11-12,16H,10H2,1-3H3. The highest BCUT2D eigenvalue weighted by molar-refractivity contribution is 5.45. The summed E-state index contributed by atoms with van der Waals surface area (Å²) in [6.07, 6.45) is 3.49. The average Bonchev–Trinajstić information content (AvgIpc) is 2.90. The minimum atomic E-state index is 0.303. The molecule has 96 valence electrons. The summed E-state index contributed by atoms with van der Waals surface area (Å²) in [6, 6.07) is 10.9. The van der Waals surface area contributed by atoms with Gasteiger partial charge in [-0.1, -0.05) is 12.1 Å². The molecule has 18 heavy (non-hydrogen) atoms. The zero-order valence-electron chi connectivity index (χ0n) is 11.2. The highest BCUT2D eigenvalue weighted by atomic mass is 16.3.